The molecule has 0 atom stereocenters. The Morgan fingerprint density at radius 3 is 2.49 bits per heavy atom. The van der Waals surface area contributed by atoms with Gasteiger partial charge in [0, 0.05) is 24.2 Å². The maximum atomic E-state index is 13.5. The van der Waals surface area contributed by atoms with Gasteiger partial charge < -0.3 is 10.6 Å². The van der Waals surface area contributed by atoms with Gasteiger partial charge in [0.1, 0.15) is 0 Å². The number of fused-ring (bicyclic) bond motifs is 1. The van der Waals surface area contributed by atoms with Gasteiger partial charge in [-0.1, -0.05) is 42.5 Å². The van der Waals surface area contributed by atoms with Crippen LogP contribution in [-0.4, -0.2) is 33.1 Å². The van der Waals surface area contributed by atoms with E-state index in [9.17, 15) is 9.59 Å². The molecule has 0 unspecified atom stereocenters. The van der Waals surface area contributed by atoms with E-state index < -0.39 is 0 Å². The number of nitrogens with one attached hydrogen (secondary N) is 2. The zero-order valence-corrected chi connectivity index (χ0v) is 20.0. The van der Waals surface area contributed by atoms with Crippen LogP contribution in [0.5, 0.6) is 0 Å². The highest BCUT2D eigenvalue weighted by atomic mass is 16.2. The van der Waals surface area contributed by atoms with Crippen LogP contribution < -0.4 is 10.6 Å². The smallest absolute Gasteiger partial charge is 0.256 e. The number of nitrogens with zero attached hydrogens (tertiary/aromatic N) is 3. The van der Waals surface area contributed by atoms with E-state index in [0.717, 1.165) is 36.2 Å². The lowest BCUT2D eigenvalue weighted by Gasteiger charge is -2.13. The van der Waals surface area contributed by atoms with E-state index in [1.807, 2.05) is 61.0 Å². The summed E-state index contributed by atoms with van der Waals surface area (Å²) >= 11 is 0. The first-order valence-electron chi connectivity index (χ1n) is 12.1. The van der Waals surface area contributed by atoms with Crippen molar-refractivity contribution in [1.29, 1.82) is 0 Å². The second-order valence-electron chi connectivity index (χ2n) is 9.28. The Bertz CT molecular complexity index is 1370. The Kier molecular flexibility index (Phi) is 6.31. The van der Waals surface area contributed by atoms with Gasteiger partial charge in [0.2, 0.25) is 0 Å². The number of para-hydroxylation sites is 1. The van der Waals surface area contributed by atoms with E-state index in [-0.39, 0.29) is 17.9 Å². The lowest BCUT2D eigenvalue weighted by Crippen LogP contribution is -2.27. The maximum absolute atomic E-state index is 13.5. The molecule has 35 heavy (non-hydrogen) atoms. The van der Waals surface area contributed by atoms with Gasteiger partial charge in [0.15, 0.2) is 5.65 Å². The van der Waals surface area contributed by atoms with E-state index in [1.54, 1.807) is 24.4 Å². The van der Waals surface area contributed by atoms with Gasteiger partial charge in [0.25, 0.3) is 11.8 Å². The lowest BCUT2D eigenvalue weighted by atomic mass is 10.1. The Balaban J connectivity index is 1.37. The molecule has 178 valence electrons. The highest BCUT2D eigenvalue weighted by Gasteiger charge is 2.28. The lowest BCUT2D eigenvalue weighted by molar-refractivity contribution is 0.0955. The third-order valence-corrected chi connectivity index (χ3v) is 6.28. The predicted octanol–water partition coefficient (Wildman–Crippen LogP) is 5.11. The fraction of sp³-hybridized carbons (Fsp3) is 0.286. The van der Waals surface area contributed by atoms with Gasteiger partial charge in [-0.05, 0) is 56.9 Å². The summed E-state index contributed by atoms with van der Waals surface area (Å²) in [5, 5.41) is 11.1. The number of pyridine rings is 1. The van der Waals surface area contributed by atoms with E-state index in [1.165, 1.54) is 0 Å². The molecule has 1 aliphatic rings. The molecule has 4 aromatic rings. The Labute approximate surface area is 204 Å². The molecule has 0 radical (unpaired) electrons. The van der Waals surface area contributed by atoms with Crippen LogP contribution in [0, 0.1) is 0 Å². The monoisotopic (exact) mass is 467 g/mol. The minimum atomic E-state index is -0.271. The van der Waals surface area contributed by atoms with Crippen molar-refractivity contribution in [3.05, 3.63) is 89.2 Å². The Hall–Kier alpha value is -4.00. The minimum Gasteiger partial charge on any atom is -0.352 e. The molecule has 0 spiro atoms. The number of carbonyl (C=O) groups excluding carboxylic acids is 2. The summed E-state index contributed by atoms with van der Waals surface area (Å²) in [7, 11) is 0. The minimum absolute atomic E-state index is 0.130. The van der Waals surface area contributed by atoms with E-state index in [2.05, 4.69) is 15.7 Å². The zero-order chi connectivity index (χ0) is 24.4. The predicted molar refractivity (Wildman–Crippen MR) is 137 cm³/mol. The molecule has 5 rings (SSSR count). The first-order chi connectivity index (χ1) is 17.0. The molecule has 1 fully saturated rings. The summed E-state index contributed by atoms with van der Waals surface area (Å²) in [5.74, 6) is -0.0979. The Morgan fingerprint density at radius 2 is 1.74 bits per heavy atom. The van der Waals surface area contributed by atoms with Gasteiger partial charge in [-0.2, -0.15) is 5.10 Å². The quantitative estimate of drug-likeness (QED) is 0.377. The molecule has 2 heterocycles. The molecular weight excluding hydrogens is 438 g/mol. The molecule has 1 saturated carbocycles. The SMILES string of the molecule is CC(C)n1ncc2c(C(=O)Nc3ccccc3C(=O)NCCc3ccccc3)cc(C3CC3)nc21. The van der Waals surface area contributed by atoms with Crippen LogP contribution in [0.25, 0.3) is 11.0 Å². The van der Waals surface area contributed by atoms with Gasteiger partial charge in [-0.25, -0.2) is 9.67 Å². The first kappa shape index (κ1) is 22.8. The van der Waals surface area contributed by atoms with Crippen LogP contribution in [0.4, 0.5) is 5.69 Å². The maximum Gasteiger partial charge on any atom is 0.256 e. The molecule has 2 amide bonds. The number of hydrogen-bond donors (Lipinski definition) is 2. The summed E-state index contributed by atoms with van der Waals surface area (Å²) in [6, 6.07) is 19.1. The molecule has 1 aliphatic carbocycles. The van der Waals surface area contributed by atoms with Crippen molar-refractivity contribution in [3.8, 4) is 0 Å². The summed E-state index contributed by atoms with van der Waals surface area (Å²) in [6.07, 6.45) is 4.61. The summed E-state index contributed by atoms with van der Waals surface area (Å²) < 4.78 is 1.85. The summed E-state index contributed by atoms with van der Waals surface area (Å²) in [5.41, 5.74) is 4.24. The number of rotatable bonds is 8. The molecular formula is C28H29N5O2. The van der Waals surface area contributed by atoms with E-state index in [4.69, 9.17) is 4.98 Å². The van der Waals surface area contributed by atoms with Crippen LogP contribution in [0.3, 0.4) is 0 Å². The number of hydrogen-bond acceptors (Lipinski definition) is 4. The second-order valence-corrected chi connectivity index (χ2v) is 9.28. The summed E-state index contributed by atoms with van der Waals surface area (Å²) in [4.78, 5) is 31.2. The molecule has 0 bridgehead atoms. The van der Waals surface area contributed by atoms with Crippen molar-refractivity contribution in [2.45, 2.75) is 45.1 Å². The van der Waals surface area contributed by atoms with Crippen molar-refractivity contribution in [3.63, 3.8) is 0 Å². The van der Waals surface area contributed by atoms with Gasteiger partial charge in [-0.15, -0.1) is 0 Å². The number of carbonyl (C=O) groups is 2. The largest absolute Gasteiger partial charge is 0.352 e. The normalized spacial score (nSPS) is 13.2. The molecule has 7 nitrogen and oxygen atoms in total. The van der Waals surface area contributed by atoms with Crippen LogP contribution in [0.15, 0.2) is 66.9 Å². The Morgan fingerprint density at radius 1 is 1.00 bits per heavy atom. The molecule has 7 heteroatoms. The van der Waals surface area contributed by atoms with Crippen molar-refractivity contribution in [2.24, 2.45) is 0 Å². The third-order valence-electron chi connectivity index (χ3n) is 6.28. The number of benzene rings is 2. The molecule has 2 aromatic heterocycles. The average Bonchev–Trinajstić information content (AvgIpc) is 3.63. The van der Waals surface area contributed by atoms with E-state index in [0.29, 0.717) is 34.7 Å². The van der Waals surface area contributed by atoms with Crippen molar-refractivity contribution in [1.82, 2.24) is 20.1 Å². The van der Waals surface area contributed by atoms with Crippen LogP contribution in [-0.2, 0) is 6.42 Å². The summed E-state index contributed by atoms with van der Waals surface area (Å²) in [6.45, 7) is 4.60. The van der Waals surface area contributed by atoms with Crippen LogP contribution in [0.1, 0.15) is 70.6 Å². The highest BCUT2D eigenvalue weighted by molar-refractivity contribution is 6.14. The van der Waals surface area contributed by atoms with Gasteiger partial charge in [-0.3, -0.25) is 9.59 Å². The fourth-order valence-electron chi connectivity index (χ4n) is 4.23. The fourth-order valence-corrected chi connectivity index (χ4v) is 4.23. The molecule has 0 saturated heterocycles. The first-order valence-corrected chi connectivity index (χ1v) is 12.1. The average molecular weight is 468 g/mol. The van der Waals surface area contributed by atoms with Crippen molar-refractivity contribution < 1.29 is 9.59 Å². The highest BCUT2D eigenvalue weighted by Crippen LogP contribution is 2.40. The second kappa shape index (κ2) is 9.70. The number of amides is 2. The molecule has 0 aliphatic heterocycles. The van der Waals surface area contributed by atoms with Crippen LogP contribution >= 0.6 is 0 Å². The number of anilines is 1. The van der Waals surface area contributed by atoms with Crippen LogP contribution in [0.2, 0.25) is 0 Å². The standard InChI is InChI=1S/C28H29N5O2/c1-18(2)33-26-23(17-30-33)22(16-25(31-26)20-12-13-20)28(35)32-24-11-7-6-10-21(24)27(34)29-15-14-19-8-4-3-5-9-19/h3-11,16-18,20H,12-15H2,1-2H3,(H,29,34)(H,32,35). The third kappa shape index (κ3) is 4.94. The van der Waals surface area contributed by atoms with Gasteiger partial charge in [0.05, 0.1) is 28.4 Å². The topological polar surface area (TPSA) is 88.9 Å². The molecule has 2 N–H and O–H groups in total. The van der Waals surface area contributed by atoms with Gasteiger partial charge >= 0.3 is 0 Å². The van der Waals surface area contributed by atoms with Crippen molar-refractivity contribution in [2.75, 3.05) is 11.9 Å². The zero-order valence-electron chi connectivity index (χ0n) is 20.0. The van der Waals surface area contributed by atoms with E-state index >= 15 is 0 Å². The van der Waals surface area contributed by atoms with Crippen molar-refractivity contribution >= 4 is 28.5 Å². The molecule has 2 aromatic carbocycles. The number of aromatic nitrogens is 3.